The Morgan fingerprint density at radius 3 is 2.24 bits per heavy atom. The van der Waals surface area contributed by atoms with Crippen LogP contribution in [0, 0.1) is 6.92 Å². The van der Waals surface area contributed by atoms with Gasteiger partial charge in [-0.1, -0.05) is 44.2 Å². The standard InChI is InChI=1S/C26H26N2O5/c1-16(2)18-8-11-20(12-9-18)33-15-24(29)27-22-13-10-19(14-17(22)3)25(30)28-23-7-5-4-6-21(23)26(31)32/h4-14,16H,15H2,1-3H3,(H,27,29)(H,28,30)(H,31,32)/p-1. The second kappa shape index (κ2) is 10.5. The molecule has 7 heteroatoms. The van der Waals surface area contributed by atoms with Crippen LogP contribution in [0.3, 0.4) is 0 Å². The zero-order valence-electron chi connectivity index (χ0n) is 18.7. The molecule has 7 nitrogen and oxygen atoms in total. The fraction of sp³-hybridized carbons (Fsp3) is 0.192. The molecular weight excluding hydrogens is 420 g/mol. The number of hydrogen-bond donors (Lipinski definition) is 2. The lowest BCUT2D eigenvalue weighted by molar-refractivity contribution is -0.254. The molecule has 3 aromatic rings. The van der Waals surface area contributed by atoms with Crippen LogP contribution in [0.1, 0.15) is 51.6 Å². The molecule has 0 atom stereocenters. The van der Waals surface area contributed by atoms with Crippen LogP contribution in [0.2, 0.25) is 0 Å². The minimum atomic E-state index is -1.38. The molecule has 33 heavy (non-hydrogen) atoms. The van der Waals surface area contributed by atoms with Gasteiger partial charge in [0.2, 0.25) is 0 Å². The van der Waals surface area contributed by atoms with Crippen molar-refractivity contribution in [3.8, 4) is 5.75 Å². The Balaban J connectivity index is 1.60. The van der Waals surface area contributed by atoms with E-state index in [2.05, 4.69) is 24.5 Å². The number of rotatable bonds is 8. The molecule has 0 unspecified atom stereocenters. The van der Waals surface area contributed by atoms with Crippen molar-refractivity contribution in [2.45, 2.75) is 26.7 Å². The summed E-state index contributed by atoms with van der Waals surface area (Å²) in [4.78, 5) is 36.1. The Morgan fingerprint density at radius 1 is 0.909 bits per heavy atom. The lowest BCUT2D eigenvalue weighted by atomic mass is 10.0. The summed E-state index contributed by atoms with van der Waals surface area (Å²) in [5, 5.41) is 16.6. The molecule has 3 aromatic carbocycles. The van der Waals surface area contributed by atoms with Crippen LogP contribution in [-0.4, -0.2) is 24.4 Å². The van der Waals surface area contributed by atoms with Crippen molar-refractivity contribution in [3.05, 3.63) is 89.0 Å². The van der Waals surface area contributed by atoms with E-state index in [-0.39, 0.29) is 23.8 Å². The highest BCUT2D eigenvalue weighted by Gasteiger charge is 2.12. The van der Waals surface area contributed by atoms with Gasteiger partial charge in [0.15, 0.2) is 6.61 Å². The van der Waals surface area contributed by atoms with Gasteiger partial charge in [0, 0.05) is 16.8 Å². The molecule has 0 saturated heterocycles. The van der Waals surface area contributed by atoms with Crippen LogP contribution in [0.4, 0.5) is 11.4 Å². The van der Waals surface area contributed by atoms with Crippen molar-refractivity contribution < 1.29 is 24.2 Å². The maximum atomic E-state index is 12.6. The number of carboxylic acid groups (broad SMARTS) is 1. The molecule has 0 saturated carbocycles. The lowest BCUT2D eigenvalue weighted by Crippen LogP contribution is -2.25. The Labute approximate surface area is 192 Å². The van der Waals surface area contributed by atoms with E-state index in [1.54, 1.807) is 37.3 Å². The summed E-state index contributed by atoms with van der Waals surface area (Å²) < 4.78 is 5.54. The number of amides is 2. The minimum Gasteiger partial charge on any atom is -0.545 e. The number of hydrogen-bond acceptors (Lipinski definition) is 5. The van der Waals surface area contributed by atoms with Crippen molar-refractivity contribution in [3.63, 3.8) is 0 Å². The Hall–Kier alpha value is -4.13. The SMILES string of the molecule is Cc1cc(C(=O)Nc2ccccc2C(=O)[O-])ccc1NC(=O)COc1ccc(C(C)C)cc1. The van der Waals surface area contributed by atoms with Crippen LogP contribution >= 0.6 is 0 Å². The average molecular weight is 445 g/mol. The lowest BCUT2D eigenvalue weighted by Gasteiger charge is -2.13. The molecule has 0 fully saturated rings. The largest absolute Gasteiger partial charge is 0.545 e. The molecular formula is C26H25N2O5-. The first-order valence-corrected chi connectivity index (χ1v) is 10.5. The van der Waals surface area contributed by atoms with Gasteiger partial charge in [0.25, 0.3) is 11.8 Å². The number of para-hydroxylation sites is 1. The van der Waals surface area contributed by atoms with E-state index in [0.29, 0.717) is 28.5 Å². The maximum Gasteiger partial charge on any atom is 0.262 e. The molecule has 2 amide bonds. The highest BCUT2D eigenvalue weighted by molar-refractivity contribution is 6.08. The van der Waals surface area contributed by atoms with E-state index in [1.807, 2.05) is 24.3 Å². The topological polar surface area (TPSA) is 108 Å². The van der Waals surface area contributed by atoms with Gasteiger partial charge < -0.3 is 25.3 Å². The number of carboxylic acids is 1. The first-order chi connectivity index (χ1) is 15.7. The highest BCUT2D eigenvalue weighted by Crippen LogP contribution is 2.21. The van der Waals surface area contributed by atoms with E-state index in [9.17, 15) is 19.5 Å². The second-order valence-corrected chi connectivity index (χ2v) is 7.88. The van der Waals surface area contributed by atoms with Gasteiger partial charge in [-0.25, -0.2) is 0 Å². The van der Waals surface area contributed by atoms with Crippen molar-refractivity contribution in [2.75, 3.05) is 17.2 Å². The number of aromatic carboxylic acids is 1. The normalized spacial score (nSPS) is 10.5. The summed E-state index contributed by atoms with van der Waals surface area (Å²) >= 11 is 0. The van der Waals surface area contributed by atoms with Crippen LogP contribution in [0.5, 0.6) is 5.75 Å². The minimum absolute atomic E-state index is 0.106. The third-order valence-corrected chi connectivity index (χ3v) is 5.07. The van der Waals surface area contributed by atoms with E-state index < -0.39 is 11.9 Å². The number of aryl methyl sites for hydroxylation is 1. The molecule has 0 aliphatic heterocycles. The molecule has 0 spiro atoms. The predicted octanol–water partition coefficient (Wildman–Crippen LogP) is 3.75. The predicted molar refractivity (Wildman–Crippen MR) is 125 cm³/mol. The third-order valence-electron chi connectivity index (χ3n) is 5.07. The van der Waals surface area contributed by atoms with Crippen LogP contribution < -0.4 is 20.5 Å². The molecule has 0 aromatic heterocycles. The monoisotopic (exact) mass is 445 g/mol. The molecule has 3 rings (SSSR count). The summed E-state index contributed by atoms with van der Waals surface area (Å²) in [7, 11) is 0. The summed E-state index contributed by atoms with van der Waals surface area (Å²) in [5.41, 5.74) is 2.77. The van der Waals surface area contributed by atoms with E-state index in [0.717, 1.165) is 0 Å². The number of nitrogens with one attached hydrogen (secondary N) is 2. The van der Waals surface area contributed by atoms with Gasteiger partial charge in [0.05, 0.1) is 11.7 Å². The van der Waals surface area contributed by atoms with Crippen LogP contribution in [0.25, 0.3) is 0 Å². The Bertz CT molecular complexity index is 1170. The quantitative estimate of drug-likeness (QED) is 0.549. The number of anilines is 2. The Kier molecular flexibility index (Phi) is 7.46. The zero-order chi connectivity index (χ0) is 24.0. The van der Waals surface area contributed by atoms with Crippen molar-refractivity contribution in [1.82, 2.24) is 0 Å². The van der Waals surface area contributed by atoms with E-state index >= 15 is 0 Å². The first-order valence-electron chi connectivity index (χ1n) is 10.5. The number of carbonyl (C=O) groups excluding carboxylic acids is 3. The highest BCUT2D eigenvalue weighted by atomic mass is 16.5. The van der Waals surface area contributed by atoms with Gasteiger partial charge >= 0.3 is 0 Å². The summed E-state index contributed by atoms with van der Waals surface area (Å²) in [5.74, 6) is -1.16. The van der Waals surface area contributed by atoms with Crippen LogP contribution in [-0.2, 0) is 4.79 Å². The first kappa shape index (κ1) is 23.5. The molecule has 170 valence electrons. The maximum absolute atomic E-state index is 12.6. The van der Waals surface area contributed by atoms with Gasteiger partial charge in [0.1, 0.15) is 5.75 Å². The molecule has 0 aliphatic carbocycles. The number of carbonyl (C=O) groups is 3. The molecule has 0 aliphatic rings. The molecule has 2 N–H and O–H groups in total. The van der Waals surface area contributed by atoms with Crippen molar-refractivity contribution >= 4 is 29.2 Å². The van der Waals surface area contributed by atoms with Gasteiger partial charge in [-0.3, -0.25) is 9.59 Å². The van der Waals surface area contributed by atoms with Crippen molar-refractivity contribution in [2.24, 2.45) is 0 Å². The smallest absolute Gasteiger partial charge is 0.262 e. The van der Waals surface area contributed by atoms with Gasteiger partial charge in [-0.2, -0.15) is 0 Å². The second-order valence-electron chi connectivity index (χ2n) is 7.88. The zero-order valence-corrected chi connectivity index (χ0v) is 18.7. The summed E-state index contributed by atoms with van der Waals surface area (Å²) in [6.07, 6.45) is 0. The molecule has 0 bridgehead atoms. The fourth-order valence-corrected chi connectivity index (χ4v) is 3.19. The molecule has 0 heterocycles. The average Bonchev–Trinajstić information content (AvgIpc) is 2.79. The summed E-state index contributed by atoms with van der Waals surface area (Å²) in [6.45, 7) is 5.82. The van der Waals surface area contributed by atoms with Gasteiger partial charge in [-0.15, -0.1) is 0 Å². The molecule has 0 radical (unpaired) electrons. The number of ether oxygens (including phenoxy) is 1. The van der Waals surface area contributed by atoms with E-state index in [1.165, 1.54) is 17.7 Å². The van der Waals surface area contributed by atoms with Gasteiger partial charge in [-0.05, 0) is 60.4 Å². The summed E-state index contributed by atoms with van der Waals surface area (Å²) in [6, 6.07) is 18.4. The third kappa shape index (κ3) is 6.20. The Morgan fingerprint density at radius 2 is 1.61 bits per heavy atom. The number of benzene rings is 3. The van der Waals surface area contributed by atoms with Crippen LogP contribution in [0.15, 0.2) is 66.7 Å². The fourth-order valence-electron chi connectivity index (χ4n) is 3.19. The van der Waals surface area contributed by atoms with E-state index in [4.69, 9.17) is 4.74 Å². The van der Waals surface area contributed by atoms with Crippen molar-refractivity contribution in [1.29, 1.82) is 0 Å².